The molecule has 2 aromatic carbocycles. The van der Waals surface area contributed by atoms with Gasteiger partial charge in [-0.2, -0.15) is 4.98 Å². The van der Waals surface area contributed by atoms with Crippen molar-refractivity contribution in [3.05, 3.63) is 60.7 Å². The number of hydrogen-bond acceptors (Lipinski definition) is 6. The number of methoxy groups -OCH3 is 2. The number of hydrogen-bond donors (Lipinski definition) is 2. The lowest BCUT2D eigenvalue weighted by atomic mass is 10.1. The zero-order valence-electron chi connectivity index (χ0n) is 14.9. The number of anilines is 3. The van der Waals surface area contributed by atoms with E-state index in [0.717, 1.165) is 22.7 Å². The third kappa shape index (κ3) is 4.70. The highest BCUT2D eigenvalue weighted by molar-refractivity contribution is 5.67. The van der Waals surface area contributed by atoms with Gasteiger partial charge in [0.2, 0.25) is 5.95 Å². The third-order valence-corrected chi connectivity index (χ3v) is 3.75. The highest BCUT2D eigenvalue weighted by Crippen LogP contribution is 2.24. The maximum absolute atomic E-state index is 5.20. The fraction of sp³-hybridized carbons (Fsp3) is 0.200. The van der Waals surface area contributed by atoms with Crippen LogP contribution in [0.15, 0.2) is 60.7 Å². The summed E-state index contributed by atoms with van der Waals surface area (Å²) in [5, 5.41) is 6.51. The van der Waals surface area contributed by atoms with Crippen molar-refractivity contribution in [2.75, 3.05) is 38.0 Å². The second-order valence-electron chi connectivity index (χ2n) is 5.60. The molecule has 26 heavy (non-hydrogen) atoms. The van der Waals surface area contributed by atoms with Gasteiger partial charge in [-0.3, -0.25) is 0 Å². The predicted octanol–water partition coefficient (Wildman–Crippen LogP) is 3.95. The van der Waals surface area contributed by atoms with Gasteiger partial charge in [0.05, 0.1) is 19.4 Å². The van der Waals surface area contributed by atoms with Crippen LogP contribution in [0.1, 0.15) is 0 Å². The fourth-order valence-corrected chi connectivity index (χ4v) is 2.43. The van der Waals surface area contributed by atoms with E-state index in [1.807, 2.05) is 60.7 Å². The summed E-state index contributed by atoms with van der Waals surface area (Å²) in [5.41, 5.74) is 2.80. The van der Waals surface area contributed by atoms with E-state index in [1.165, 1.54) is 0 Å². The normalized spacial score (nSPS) is 10.4. The zero-order chi connectivity index (χ0) is 18.2. The molecule has 0 atom stereocenters. The molecular formula is C20H22N4O2. The van der Waals surface area contributed by atoms with Gasteiger partial charge >= 0.3 is 0 Å². The molecule has 134 valence electrons. The minimum absolute atomic E-state index is 0.555. The van der Waals surface area contributed by atoms with Crippen LogP contribution >= 0.6 is 0 Å². The Morgan fingerprint density at radius 1 is 0.923 bits per heavy atom. The van der Waals surface area contributed by atoms with Crippen LogP contribution in [0.4, 0.5) is 17.5 Å². The summed E-state index contributed by atoms with van der Waals surface area (Å²) in [6.07, 6.45) is 0. The van der Waals surface area contributed by atoms with Crippen LogP contribution in [0, 0.1) is 0 Å². The topological polar surface area (TPSA) is 68.3 Å². The quantitative estimate of drug-likeness (QED) is 0.600. The summed E-state index contributed by atoms with van der Waals surface area (Å²) in [6.45, 7) is 1.22. The van der Waals surface area contributed by atoms with Crippen molar-refractivity contribution in [1.29, 1.82) is 0 Å². The predicted molar refractivity (Wildman–Crippen MR) is 104 cm³/mol. The van der Waals surface area contributed by atoms with E-state index in [9.17, 15) is 0 Å². The molecule has 1 heterocycles. The minimum atomic E-state index is 0.555. The third-order valence-electron chi connectivity index (χ3n) is 3.75. The maximum Gasteiger partial charge on any atom is 0.225 e. The Hall–Kier alpha value is -3.12. The van der Waals surface area contributed by atoms with Crippen LogP contribution < -0.4 is 15.4 Å². The zero-order valence-corrected chi connectivity index (χ0v) is 14.9. The summed E-state index contributed by atoms with van der Waals surface area (Å²) >= 11 is 0. The molecule has 6 heteroatoms. The van der Waals surface area contributed by atoms with Gasteiger partial charge in [0.1, 0.15) is 11.6 Å². The van der Waals surface area contributed by atoms with Crippen molar-refractivity contribution < 1.29 is 9.47 Å². The van der Waals surface area contributed by atoms with E-state index >= 15 is 0 Å². The van der Waals surface area contributed by atoms with Crippen LogP contribution in [-0.4, -0.2) is 37.3 Å². The molecule has 0 saturated heterocycles. The Balaban J connectivity index is 1.87. The van der Waals surface area contributed by atoms with E-state index < -0.39 is 0 Å². The molecule has 0 unspecified atom stereocenters. The average Bonchev–Trinajstić information content (AvgIpc) is 2.69. The van der Waals surface area contributed by atoms with Gasteiger partial charge in [-0.05, 0) is 24.3 Å². The molecule has 0 fully saturated rings. The largest absolute Gasteiger partial charge is 0.497 e. The first kappa shape index (κ1) is 17.7. The van der Waals surface area contributed by atoms with Gasteiger partial charge in [0.25, 0.3) is 0 Å². The van der Waals surface area contributed by atoms with Gasteiger partial charge in [0, 0.05) is 31.0 Å². The van der Waals surface area contributed by atoms with E-state index in [4.69, 9.17) is 9.47 Å². The van der Waals surface area contributed by atoms with Crippen LogP contribution in [0.3, 0.4) is 0 Å². The lowest BCUT2D eigenvalue weighted by Crippen LogP contribution is -2.11. The Kier molecular flexibility index (Phi) is 6.01. The van der Waals surface area contributed by atoms with Crippen molar-refractivity contribution >= 4 is 17.5 Å². The first-order valence-corrected chi connectivity index (χ1v) is 8.37. The molecule has 0 spiro atoms. The lowest BCUT2D eigenvalue weighted by Gasteiger charge is -2.12. The summed E-state index contributed by atoms with van der Waals surface area (Å²) in [6, 6.07) is 19.6. The van der Waals surface area contributed by atoms with Gasteiger partial charge < -0.3 is 20.1 Å². The van der Waals surface area contributed by atoms with E-state index in [-0.39, 0.29) is 0 Å². The standard InChI is InChI=1S/C20H22N4O2/c1-25-13-12-21-20-23-18(15-6-4-3-5-7-15)14-19(24-20)22-16-8-10-17(26-2)11-9-16/h3-11,14H,12-13H2,1-2H3,(H2,21,22,23,24). The summed E-state index contributed by atoms with van der Waals surface area (Å²) < 4.78 is 10.3. The maximum atomic E-state index is 5.20. The molecule has 2 N–H and O–H groups in total. The molecule has 3 aromatic rings. The molecule has 3 rings (SSSR count). The number of nitrogens with zero attached hydrogens (tertiary/aromatic N) is 2. The van der Waals surface area contributed by atoms with E-state index in [2.05, 4.69) is 20.6 Å². The first-order valence-electron chi connectivity index (χ1n) is 8.37. The Bertz CT molecular complexity index is 823. The monoisotopic (exact) mass is 350 g/mol. The number of ether oxygens (including phenoxy) is 2. The van der Waals surface area contributed by atoms with Crippen molar-refractivity contribution in [2.24, 2.45) is 0 Å². The molecule has 0 radical (unpaired) electrons. The fourth-order valence-electron chi connectivity index (χ4n) is 2.43. The second kappa shape index (κ2) is 8.82. The number of aromatic nitrogens is 2. The van der Waals surface area contributed by atoms with Crippen molar-refractivity contribution in [2.45, 2.75) is 0 Å². The summed E-state index contributed by atoms with van der Waals surface area (Å²) in [7, 11) is 3.32. The molecule has 0 aliphatic carbocycles. The van der Waals surface area contributed by atoms with Crippen LogP contribution in [0.25, 0.3) is 11.3 Å². The van der Waals surface area contributed by atoms with E-state index in [0.29, 0.717) is 24.9 Å². The SMILES string of the molecule is COCCNc1nc(Nc2ccc(OC)cc2)cc(-c2ccccc2)n1. The lowest BCUT2D eigenvalue weighted by molar-refractivity contribution is 0.210. The van der Waals surface area contributed by atoms with Gasteiger partial charge in [0.15, 0.2) is 0 Å². The molecule has 0 amide bonds. The van der Waals surface area contributed by atoms with E-state index in [1.54, 1.807) is 14.2 Å². The van der Waals surface area contributed by atoms with Crippen LogP contribution in [0.2, 0.25) is 0 Å². The van der Waals surface area contributed by atoms with Gasteiger partial charge in [-0.1, -0.05) is 30.3 Å². The van der Waals surface area contributed by atoms with Crippen LogP contribution in [0.5, 0.6) is 5.75 Å². The Labute approximate surface area is 153 Å². The highest BCUT2D eigenvalue weighted by atomic mass is 16.5. The molecule has 0 bridgehead atoms. The van der Waals surface area contributed by atoms with Gasteiger partial charge in [-0.25, -0.2) is 4.98 Å². The number of nitrogens with one attached hydrogen (secondary N) is 2. The average molecular weight is 350 g/mol. The molecule has 0 aliphatic rings. The van der Waals surface area contributed by atoms with Crippen molar-refractivity contribution in [3.8, 4) is 17.0 Å². The highest BCUT2D eigenvalue weighted by Gasteiger charge is 2.07. The minimum Gasteiger partial charge on any atom is -0.497 e. The molecule has 0 saturated carbocycles. The van der Waals surface area contributed by atoms with Crippen LogP contribution in [-0.2, 0) is 4.74 Å². The number of benzene rings is 2. The van der Waals surface area contributed by atoms with Crippen molar-refractivity contribution in [1.82, 2.24) is 9.97 Å². The van der Waals surface area contributed by atoms with Crippen molar-refractivity contribution in [3.63, 3.8) is 0 Å². The molecule has 6 nitrogen and oxygen atoms in total. The Morgan fingerprint density at radius 2 is 1.69 bits per heavy atom. The van der Waals surface area contributed by atoms with Gasteiger partial charge in [-0.15, -0.1) is 0 Å². The molecular weight excluding hydrogens is 328 g/mol. The molecule has 0 aliphatic heterocycles. The number of rotatable bonds is 8. The Morgan fingerprint density at radius 3 is 2.38 bits per heavy atom. The summed E-state index contributed by atoms with van der Waals surface area (Å²) in [4.78, 5) is 9.16. The summed E-state index contributed by atoms with van der Waals surface area (Å²) in [5.74, 6) is 2.08. The second-order valence-corrected chi connectivity index (χ2v) is 5.60. The first-order chi connectivity index (χ1) is 12.8. The molecule has 1 aromatic heterocycles. The smallest absolute Gasteiger partial charge is 0.225 e.